The van der Waals surface area contributed by atoms with Crippen molar-refractivity contribution in [3.05, 3.63) is 59.3 Å². The lowest BCUT2D eigenvalue weighted by atomic mass is 9.83. The molecular formula is C18H16N4O2. The van der Waals surface area contributed by atoms with E-state index in [1.54, 1.807) is 0 Å². The summed E-state index contributed by atoms with van der Waals surface area (Å²) in [7, 11) is 0. The van der Waals surface area contributed by atoms with Gasteiger partial charge in [0, 0.05) is 30.5 Å². The molecule has 6 nitrogen and oxygen atoms in total. The van der Waals surface area contributed by atoms with Crippen molar-refractivity contribution in [2.24, 2.45) is 0 Å². The zero-order valence-corrected chi connectivity index (χ0v) is 13.1. The van der Waals surface area contributed by atoms with Crippen LogP contribution in [-0.4, -0.2) is 22.0 Å². The minimum atomic E-state index is -0.108. The summed E-state index contributed by atoms with van der Waals surface area (Å²) >= 11 is 0. The number of hydrogen-bond acceptors (Lipinski definition) is 3. The molecule has 1 aliphatic heterocycles. The van der Waals surface area contributed by atoms with Gasteiger partial charge in [-0.1, -0.05) is 30.4 Å². The van der Waals surface area contributed by atoms with E-state index in [2.05, 4.69) is 20.8 Å². The van der Waals surface area contributed by atoms with Crippen LogP contribution in [0.2, 0.25) is 0 Å². The van der Waals surface area contributed by atoms with Gasteiger partial charge in [-0.15, -0.1) is 0 Å². The summed E-state index contributed by atoms with van der Waals surface area (Å²) in [5, 5.41) is 12.9. The van der Waals surface area contributed by atoms with Crippen LogP contribution in [0.5, 0.6) is 0 Å². The van der Waals surface area contributed by atoms with E-state index in [0.29, 0.717) is 12.2 Å². The van der Waals surface area contributed by atoms with E-state index in [1.807, 2.05) is 42.5 Å². The molecule has 6 heteroatoms. The van der Waals surface area contributed by atoms with Crippen LogP contribution in [0.15, 0.2) is 42.5 Å². The van der Waals surface area contributed by atoms with E-state index in [1.165, 1.54) is 6.92 Å². The van der Waals surface area contributed by atoms with Crippen LogP contribution in [0.3, 0.4) is 0 Å². The van der Waals surface area contributed by atoms with E-state index in [9.17, 15) is 9.59 Å². The molecule has 2 aromatic rings. The molecule has 1 atom stereocenters. The molecule has 2 aliphatic rings. The van der Waals surface area contributed by atoms with Crippen molar-refractivity contribution < 1.29 is 9.59 Å². The average molecular weight is 320 g/mol. The van der Waals surface area contributed by atoms with Crippen LogP contribution < -0.4 is 10.6 Å². The Morgan fingerprint density at radius 1 is 1.29 bits per heavy atom. The summed E-state index contributed by atoms with van der Waals surface area (Å²) in [4.78, 5) is 23.2. The summed E-state index contributed by atoms with van der Waals surface area (Å²) in [6, 6.07) is 7.59. The van der Waals surface area contributed by atoms with Crippen molar-refractivity contribution in [1.29, 1.82) is 0 Å². The zero-order chi connectivity index (χ0) is 16.7. The van der Waals surface area contributed by atoms with Gasteiger partial charge < -0.3 is 10.6 Å². The number of carbonyl (C=O) groups excluding carboxylic acids is 2. The average Bonchev–Trinajstić information content (AvgIpc) is 2.88. The maximum Gasteiger partial charge on any atom is 0.226 e. The van der Waals surface area contributed by atoms with Crippen molar-refractivity contribution in [2.75, 3.05) is 10.6 Å². The third-order valence-corrected chi connectivity index (χ3v) is 4.27. The Labute approximate surface area is 138 Å². The first-order valence-corrected chi connectivity index (χ1v) is 7.76. The second-order valence-corrected chi connectivity index (χ2v) is 5.95. The Morgan fingerprint density at radius 3 is 2.67 bits per heavy atom. The minimum absolute atomic E-state index is 0.0466. The standard InChI is InChI=1S/C18H16N4O2/c1-10(23)19-13-7-5-11(6-8-13)14-9-15(24)20-18-16(14)17(21-22-18)12-3-2-4-12/h2-8,14H,9H2,1H3,(H,19,23)(H2,20,21,22,24). The van der Waals surface area contributed by atoms with Gasteiger partial charge in [0.25, 0.3) is 0 Å². The molecule has 0 radical (unpaired) electrons. The van der Waals surface area contributed by atoms with E-state index >= 15 is 0 Å². The lowest BCUT2D eigenvalue weighted by Crippen LogP contribution is -2.23. The summed E-state index contributed by atoms with van der Waals surface area (Å²) in [5.41, 5.74) is 4.80. The fraction of sp³-hybridized carbons (Fsp3) is 0.167. The fourth-order valence-electron chi connectivity index (χ4n) is 3.12. The minimum Gasteiger partial charge on any atom is -0.326 e. The van der Waals surface area contributed by atoms with Crippen LogP contribution in [0, 0.1) is 0 Å². The van der Waals surface area contributed by atoms with E-state index < -0.39 is 0 Å². The SMILES string of the molecule is CC(=O)Nc1ccc(C2CC(=O)Nc3n[nH]c(C4=CC=C4)c32)cc1. The second-order valence-electron chi connectivity index (χ2n) is 5.95. The molecule has 0 saturated carbocycles. The number of hydrogen-bond donors (Lipinski definition) is 3. The number of nitrogens with one attached hydrogen (secondary N) is 3. The maximum absolute atomic E-state index is 12.0. The molecule has 4 rings (SSSR count). The van der Waals surface area contributed by atoms with Gasteiger partial charge in [0.15, 0.2) is 5.82 Å². The summed E-state index contributed by atoms with van der Waals surface area (Å²) in [6.07, 6.45) is 6.37. The lowest BCUT2D eigenvalue weighted by molar-refractivity contribution is -0.116. The monoisotopic (exact) mass is 320 g/mol. The Kier molecular flexibility index (Phi) is 3.30. The highest BCUT2D eigenvalue weighted by atomic mass is 16.2. The number of carbonyl (C=O) groups is 2. The van der Waals surface area contributed by atoms with Crippen LogP contribution in [-0.2, 0) is 9.59 Å². The van der Waals surface area contributed by atoms with Crippen LogP contribution >= 0.6 is 0 Å². The van der Waals surface area contributed by atoms with Crippen molar-refractivity contribution in [3.8, 4) is 0 Å². The summed E-state index contributed by atoms with van der Waals surface area (Å²) in [6.45, 7) is 1.48. The molecule has 24 heavy (non-hydrogen) atoms. The Morgan fingerprint density at radius 2 is 2.04 bits per heavy atom. The maximum atomic E-state index is 12.0. The molecule has 0 fully saturated rings. The van der Waals surface area contributed by atoms with Crippen molar-refractivity contribution >= 4 is 28.9 Å². The number of benzene rings is 1. The van der Waals surface area contributed by atoms with Gasteiger partial charge in [-0.3, -0.25) is 14.7 Å². The van der Waals surface area contributed by atoms with Crippen molar-refractivity contribution in [3.63, 3.8) is 0 Å². The van der Waals surface area contributed by atoms with Gasteiger partial charge >= 0.3 is 0 Å². The lowest BCUT2D eigenvalue weighted by Gasteiger charge is -2.24. The quantitative estimate of drug-likeness (QED) is 0.812. The van der Waals surface area contributed by atoms with Crippen LogP contribution in [0.25, 0.3) is 5.57 Å². The molecule has 1 aliphatic carbocycles. The molecule has 0 saturated heterocycles. The third kappa shape index (κ3) is 2.42. The Balaban J connectivity index is 1.72. The highest BCUT2D eigenvalue weighted by Gasteiger charge is 2.32. The van der Waals surface area contributed by atoms with E-state index in [-0.39, 0.29) is 17.7 Å². The molecule has 1 unspecified atom stereocenters. The predicted molar refractivity (Wildman–Crippen MR) is 91.5 cm³/mol. The highest BCUT2D eigenvalue weighted by molar-refractivity contribution is 5.96. The number of rotatable bonds is 3. The molecule has 2 amide bonds. The second kappa shape index (κ2) is 5.49. The first kappa shape index (κ1) is 14.4. The first-order chi connectivity index (χ1) is 11.6. The van der Waals surface area contributed by atoms with Crippen LogP contribution in [0.1, 0.15) is 36.1 Å². The molecular weight excluding hydrogens is 304 g/mol. The number of allylic oxidation sites excluding steroid dienone is 4. The molecule has 0 spiro atoms. The third-order valence-electron chi connectivity index (χ3n) is 4.27. The van der Waals surface area contributed by atoms with Crippen molar-refractivity contribution in [2.45, 2.75) is 19.3 Å². The largest absolute Gasteiger partial charge is 0.326 e. The van der Waals surface area contributed by atoms with Crippen molar-refractivity contribution in [1.82, 2.24) is 10.2 Å². The molecule has 120 valence electrons. The summed E-state index contributed by atoms with van der Waals surface area (Å²) in [5.74, 6) is 0.375. The van der Waals surface area contributed by atoms with Gasteiger partial charge in [-0.05, 0) is 23.3 Å². The predicted octanol–water partition coefficient (Wildman–Crippen LogP) is 2.80. The number of nitrogens with zero attached hydrogens (tertiary/aromatic N) is 1. The Bertz CT molecular complexity index is 890. The number of amides is 2. The molecule has 2 heterocycles. The number of fused-ring (bicyclic) bond motifs is 1. The molecule has 3 N–H and O–H groups in total. The molecule has 0 bridgehead atoms. The van der Waals surface area contributed by atoms with Gasteiger partial charge in [-0.2, -0.15) is 5.10 Å². The summed E-state index contributed by atoms with van der Waals surface area (Å²) < 4.78 is 0. The number of aromatic nitrogens is 2. The highest BCUT2D eigenvalue weighted by Crippen LogP contribution is 2.41. The van der Waals surface area contributed by atoms with E-state index in [4.69, 9.17) is 0 Å². The zero-order valence-electron chi connectivity index (χ0n) is 13.1. The van der Waals surface area contributed by atoms with Gasteiger partial charge in [0.2, 0.25) is 11.8 Å². The Hall–Kier alpha value is -3.15. The van der Waals surface area contributed by atoms with E-state index in [0.717, 1.165) is 28.1 Å². The normalized spacial score (nSPS) is 18.3. The van der Waals surface area contributed by atoms with Gasteiger partial charge in [0.05, 0.1) is 5.69 Å². The molecule has 1 aromatic carbocycles. The fourth-order valence-corrected chi connectivity index (χ4v) is 3.12. The van der Waals surface area contributed by atoms with Gasteiger partial charge in [-0.25, -0.2) is 0 Å². The van der Waals surface area contributed by atoms with Gasteiger partial charge in [0.1, 0.15) is 0 Å². The number of H-pyrrole nitrogens is 1. The topological polar surface area (TPSA) is 86.9 Å². The van der Waals surface area contributed by atoms with Crippen LogP contribution in [0.4, 0.5) is 11.5 Å². The number of anilines is 2. The number of aromatic amines is 1. The molecule has 1 aromatic heterocycles. The first-order valence-electron chi connectivity index (χ1n) is 7.76. The smallest absolute Gasteiger partial charge is 0.226 e.